The van der Waals surface area contributed by atoms with Gasteiger partial charge < -0.3 is 4.74 Å². The molecule has 2 aromatic heterocycles. The highest BCUT2D eigenvalue weighted by molar-refractivity contribution is 7.22. The molecule has 4 rings (SSSR count). The van der Waals surface area contributed by atoms with Crippen LogP contribution in [0.4, 0.5) is 5.13 Å². The van der Waals surface area contributed by atoms with Gasteiger partial charge in [0.1, 0.15) is 5.52 Å². The summed E-state index contributed by atoms with van der Waals surface area (Å²) in [6.07, 6.45) is 3.39. The zero-order chi connectivity index (χ0) is 21.1. The average Bonchev–Trinajstić information content (AvgIpc) is 3.23. The third kappa shape index (κ3) is 4.03. The van der Waals surface area contributed by atoms with Crippen molar-refractivity contribution in [3.8, 4) is 0 Å². The standard InChI is InChI=1S/C22H16ClN3O3S/c1-29-21(28)16-9-7-15(8-10-16)20(27)26(13-14-4-3-11-24-12-14)22-25-19-17(23)5-2-6-18(19)30-22/h2-12H,13H2,1H3. The van der Waals surface area contributed by atoms with Crippen LogP contribution in [0.25, 0.3) is 10.2 Å². The summed E-state index contributed by atoms with van der Waals surface area (Å²) >= 11 is 7.67. The Balaban J connectivity index is 1.73. The second-order valence-corrected chi connectivity index (χ2v) is 7.82. The molecule has 0 atom stereocenters. The van der Waals surface area contributed by atoms with Crippen molar-refractivity contribution in [1.82, 2.24) is 9.97 Å². The first-order chi connectivity index (χ1) is 14.6. The summed E-state index contributed by atoms with van der Waals surface area (Å²) in [6.45, 7) is 0.295. The Morgan fingerprint density at radius 2 is 1.83 bits per heavy atom. The minimum atomic E-state index is -0.456. The number of rotatable bonds is 5. The molecule has 8 heteroatoms. The Labute approximate surface area is 181 Å². The van der Waals surface area contributed by atoms with E-state index in [1.165, 1.54) is 18.4 Å². The molecule has 0 aliphatic carbocycles. The molecule has 0 radical (unpaired) electrons. The van der Waals surface area contributed by atoms with Crippen molar-refractivity contribution in [3.63, 3.8) is 0 Å². The largest absolute Gasteiger partial charge is 0.465 e. The van der Waals surface area contributed by atoms with Crippen molar-refractivity contribution < 1.29 is 14.3 Å². The zero-order valence-corrected chi connectivity index (χ0v) is 17.5. The summed E-state index contributed by atoms with van der Waals surface area (Å²) in [5.41, 5.74) is 2.32. The minimum absolute atomic E-state index is 0.245. The molecule has 6 nitrogen and oxygen atoms in total. The maximum absolute atomic E-state index is 13.4. The monoisotopic (exact) mass is 437 g/mol. The topological polar surface area (TPSA) is 72.4 Å². The third-order valence-corrected chi connectivity index (χ3v) is 5.80. The van der Waals surface area contributed by atoms with Crippen LogP contribution < -0.4 is 4.90 Å². The first-order valence-corrected chi connectivity index (χ1v) is 10.2. The van der Waals surface area contributed by atoms with Gasteiger partial charge in [-0.15, -0.1) is 0 Å². The molecule has 1 amide bonds. The Hall–Kier alpha value is -3.29. The molecule has 150 valence electrons. The normalized spacial score (nSPS) is 10.7. The number of benzene rings is 2. The van der Waals surface area contributed by atoms with Crippen LogP contribution in [0.15, 0.2) is 67.0 Å². The van der Waals surface area contributed by atoms with Gasteiger partial charge in [0.15, 0.2) is 5.13 Å². The lowest BCUT2D eigenvalue weighted by Gasteiger charge is -2.20. The number of methoxy groups -OCH3 is 1. The van der Waals surface area contributed by atoms with Crippen molar-refractivity contribution in [2.45, 2.75) is 6.54 Å². The fraction of sp³-hybridized carbons (Fsp3) is 0.0909. The van der Waals surface area contributed by atoms with Gasteiger partial charge in [0.05, 0.1) is 28.9 Å². The predicted molar refractivity (Wildman–Crippen MR) is 117 cm³/mol. The lowest BCUT2D eigenvalue weighted by Crippen LogP contribution is -2.30. The van der Waals surface area contributed by atoms with E-state index < -0.39 is 5.97 Å². The van der Waals surface area contributed by atoms with E-state index in [-0.39, 0.29) is 5.91 Å². The van der Waals surface area contributed by atoms with Gasteiger partial charge >= 0.3 is 5.97 Å². The fourth-order valence-corrected chi connectivity index (χ4v) is 4.20. The summed E-state index contributed by atoms with van der Waals surface area (Å²) in [5, 5.41) is 1.07. The van der Waals surface area contributed by atoms with Crippen LogP contribution in [0, 0.1) is 0 Å². The number of pyridine rings is 1. The maximum atomic E-state index is 13.4. The SMILES string of the molecule is COC(=O)c1ccc(C(=O)N(Cc2cccnc2)c2nc3c(Cl)cccc3s2)cc1. The van der Waals surface area contributed by atoms with Crippen LogP contribution in [0.2, 0.25) is 5.02 Å². The van der Waals surface area contributed by atoms with Crippen molar-refractivity contribution in [2.75, 3.05) is 12.0 Å². The molecule has 0 fully saturated rings. The highest BCUT2D eigenvalue weighted by atomic mass is 35.5. The number of nitrogens with zero attached hydrogens (tertiary/aromatic N) is 3. The van der Waals surface area contributed by atoms with Crippen molar-refractivity contribution >= 4 is 50.2 Å². The van der Waals surface area contributed by atoms with E-state index in [4.69, 9.17) is 16.3 Å². The van der Waals surface area contributed by atoms with E-state index in [9.17, 15) is 9.59 Å². The summed E-state index contributed by atoms with van der Waals surface area (Å²) in [4.78, 5) is 35.4. The quantitative estimate of drug-likeness (QED) is 0.412. The molecule has 0 unspecified atom stereocenters. The van der Waals surface area contributed by atoms with E-state index >= 15 is 0 Å². The Bertz CT molecular complexity index is 1210. The lowest BCUT2D eigenvalue weighted by atomic mass is 10.1. The smallest absolute Gasteiger partial charge is 0.337 e. The number of thiazole rings is 1. The van der Waals surface area contributed by atoms with E-state index in [0.717, 1.165) is 10.3 Å². The summed E-state index contributed by atoms with van der Waals surface area (Å²) < 4.78 is 5.61. The molecular weight excluding hydrogens is 422 g/mol. The second-order valence-electron chi connectivity index (χ2n) is 6.40. The Morgan fingerprint density at radius 3 is 2.50 bits per heavy atom. The van der Waals surface area contributed by atoms with Gasteiger partial charge in [-0.3, -0.25) is 14.7 Å². The molecule has 0 saturated heterocycles. The van der Waals surface area contributed by atoms with Gasteiger partial charge in [-0.05, 0) is 48.0 Å². The molecule has 0 spiro atoms. The molecule has 0 bridgehead atoms. The first-order valence-electron chi connectivity index (χ1n) is 9.01. The van der Waals surface area contributed by atoms with Crippen LogP contribution in [-0.4, -0.2) is 29.0 Å². The number of carbonyl (C=O) groups excluding carboxylic acids is 2. The number of para-hydroxylation sites is 1. The number of hydrogen-bond donors (Lipinski definition) is 0. The lowest BCUT2D eigenvalue weighted by molar-refractivity contribution is 0.0600. The number of aromatic nitrogens is 2. The molecule has 4 aromatic rings. The highest BCUT2D eigenvalue weighted by Gasteiger charge is 2.23. The number of anilines is 1. The predicted octanol–water partition coefficient (Wildman–Crippen LogP) is 4.98. The summed E-state index contributed by atoms with van der Waals surface area (Å²) in [7, 11) is 1.31. The van der Waals surface area contributed by atoms with E-state index in [0.29, 0.717) is 33.3 Å². The molecule has 30 heavy (non-hydrogen) atoms. The number of fused-ring (bicyclic) bond motifs is 1. The molecule has 0 N–H and O–H groups in total. The number of halogens is 1. The molecule has 0 aliphatic heterocycles. The van der Waals surface area contributed by atoms with Crippen LogP contribution >= 0.6 is 22.9 Å². The molecule has 0 aliphatic rings. The molecule has 2 heterocycles. The minimum Gasteiger partial charge on any atom is -0.465 e. The van der Waals surface area contributed by atoms with Crippen LogP contribution in [0.5, 0.6) is 0 Å². The number of ether oxygens (including phenoxy) is 1. The van der Waals surface area contributed by atoms with E-state index in [2.05, 4.69) is 9.97 Å². The van der Waals surface area contributed by atoms with Gasteiger partial charge in [0, 0.05) is 18.0 Å². The number of carbonyl (C=O) groups is 2. The van der Waals surface area contributed by atoms with Gasteiger partial charge in [-0.25, -0.2) is 9.78 Å². The summed E-state index contributed by atoms with van der Waals surface area (Å²) in [6, 6.07) is 15.6. The van der Waals surface area contributed by atoms with Crippen molar-refractivity contribution in [2.24, 2.45) is 0 Å². The van der Waals surface area contributed by atoms with Gasteiger partial charge in [0.2, 0.25) is 0 Å². The average molecular weight is 438 g/mol. The fourth-order valence-electron chi connectivity index (χ4n) is 2.94. The van der Waals surface area contributed by atoms with Gasteiger partial charge in [0.25, 0.3) is 5.91 Å². The van der Waals surface area contributed by atoms with E-state index in [1.54, 1.807) is 47.6 Å². The Kier molecular flexibility index (Phi) is 5.74. The second kappa shape index (κ2) is 8.61. The van der Waals surface area contributed by atoms with Crippen LogP contribution in [0.3, 0.4) is 0 Å². The number of esters is 1. The molecule has 2 aromatic carbocycles. The number of amides is 1. The van der Waals surface area contributed by atoms with E-state index in [1.807, 2.05) is 24.3 Å². The summed E-state index contributed by atoms with van der Waals surface area (Å²) in [5.74, 6) is -0.701. The molecular formula is C22H16ClN3O3S. The molecule has 0 saturated carbocycles. The van der Waals surface area contributed by atoms with Crippen LogP contribution in [0.1, 0.15) is 26.3 Å². The Morgan fingerprint density at radius 1 is 1.07 bits per heavy atom. The van der Waals surface area contributed by atoms with Crippen LogP contribution in [-0.2, 0) is 11.3 Å². The van der Waals surface area contributed by atoms with Gasteiger partial charge in [-0.1, -0.05) is 35.1 Å². The third-order valence-electron chi connectivity index (χ3n) is 4.45. The van der Waals surface area contributed by atoms with Crippen molar-refractivity contribution in [1.29, 1.82) is 0 Å². The van der Waals surface area contributed by atoms with Gasteiger partial charge in [-0.2, -0.15) is 0 Å². The highest BCUT2D eigenvalue weighted by Crippen LogP contribution is 2.34. The number of hydrogen-bond acceptors (Lipinski definition) is 6. The maximum Gasteiger partial charge on any atom is 0.337 e. The van der Waals surface area contributed by atoms with Crippen molar-refractivity contribution in [3.05, 3.63) is 88.7 Å². The first kappa shape index (κ1) is 20.0. The zero-order valence-electron chi connectivity index (χ0n) is 15.9.